The highest BCUT2D eigenvalue weighted by atomic mass is 16.2. The maximum Gasteiger partial charge on any atom is 0.317 e. The lowest BCUT2D eigenvalue weighted by molar-refractivity contribution is -0.134. The minimum Gasteiger partial charge on any atom is -0.339 e. The Balaban J connectivity index is 1.52. The van der Waals surface area contributed by atoms with Gasteiger partial charge in [-0.2, -0.15) is 0 Å². The summed E-state index contributed by atoms with van der Waals surface area (Å²) in [6.45, 7) is 8.54. The van der Waals surface area contributed by atoms with Gasteiger partial charge in [0.25, 0.3) is 0 Å². The van der Waals surface area contributed by atoms with Gasteiger partial charge in [-0.25, -0.2) is 4.79 Å². The predicted molar refractivity (Wildman–Crippen MR) is 93.8 cm³/mol. The molecular weight excluding hydrogens is 302 g/mol. The van der Waals surface area contributed by atoms with Crippen LogP contribution in [0.25, 0.3) is 0 Å². The minimum absolute atomic E-state index is 0.0266. The van der Waals surface area contributed by atoms with E-state index in [1.807, 2.05) is 30.9 Å². The topological polar surface area (TPSA) is 52.7 Å². The van der Waals surface area contributed by atoms with Crippen molar-refractivity contribution in [2.75, 3.05) is 26.2 Å². The van der Waals surface area contributed by atoms with Gasteiger partial charge in [0.2, 0.25) is 5.91 Å². The third-order valence-electron chi connectivity index (χ3n) is 4.99. The van der Waals surface area contributed by atoms with Crippen molar-refractivity contribution in [1.29, 1.82) is 0 Å². The van der Waals surface area contributed by atoms with E-state index < -0.39 is 0 Å². The quantitative estimate of drug-likeness (QED) is 0.925. The summed E-state index contributed by atoms with van der Waals surface area (Å²) in [5.41, 5.74) is 2.58. The number of amides is 3. The zero-order chi connectivity index (χ0) is 17.3. The van der Waals surface area contributed by atoms with Crippen LogP contribution in [0.3, 0.4) is 0 Å². The highest BCUT2D eigenvalue weighted by Crippen LogP contribution is 2.49. The summed E-state index contributed by atoms with van der Waals surface area (Å²) in [4.78, 5) is 28.5. The Hall–Kier alpha value is -2.04. The summed E-state index contributed by atoms with van der Waals surface area (Å²) in [6.07, 6.45) is 0.956. The van der Waals surface area contributed by atoms with E-state index in [1.54, 1.807) is 4.90 Å². The highest BCUT2D eigenvalue weighted by molar-refractivity contribution is 5.83. The van der Waals surface area contributed by atoms with E-state index in [9.17, 15) is 9.59 Å². The predicted octanol–water partition coefficient (Wildman–Crippen LogP) is 2.36. The molecule has 2 fully saturated rings. The molecule has 1 aromatic rings. The van der Waals surface area contributed by atoms with Gasteiger partial charge in [0.1, 0.15) is 0 Å². The number of carbonyl (C=O) groups excluding carboxylic acids is 2. The maximum absolute atomic E-state index is 12.7. The molecule has 3 rings (SSSR count). The summed E-state index contributed by atoms with van der Waals surface area (Å²) in [5.74, 6) is 0.760. The van der Waals surface area contributed by atoms with E-state index in [0.29, 0.717) is 32.1 Å². The first-order valence-corrected chi connectivity index (χ1v) is 8.87. The van der Waals surface area contributed by atoms with Crippen LogP contribution in [0.5, 0.6) is 0 Å². The Bertz CT molecular complexity index is 621. The molecule has 1 aromatic carbocycles. The smallest absolute Gasteiger partial charge is 0.317 e. The SMILES string of the molecule is Cc1ccccc1[C@H]1C[C@@H]1C(=O)N1CCN(C(=O)NC(C)C)CC1. The zero-order valence-electron chi connectivity index (χ0n) is 14.8. The lowest BCUT2D eigenvalue weighted by atomic mass is 10.0. The van der Waals surface area contributed by atoms with E-state index in [1.165, 1.54) is 11.1 Å². The van der Waals surface area contributed by atoms with Crippen molar-refractivity contribution in [3.05, 3.63) is 35.4 Å². The molecule has 1 aliphatic carbocycles. The van der Waals surface area contributed by atoms with Gasteiger partial charge in [-0.3, -0.25) is 4.79 Å². The van der Waals surface area contributed by atoms with Crippen LogP contribution in [-0.4, -0.2) is 54.0 Å². The van der Waals surface area contributed by atoms with Gasteiger partial charge in [-0.1, -0.05) is 24.3 Å². The molecule has 1 aliphatic heterocycles. The molecule has 1 saturated heterocycles. The average molecular weight is 329 g/mol. The fourth-order valence-electron chi connectivity index (χ4n) is 3.52. The molecule has 0 spiro atoms. The number of rotatable bonds is 3. The van der Waals surface area contributed by atoms with Crippen LogP contribution >= 0.6 is 0 Å². The van der Waals surface area contributed by atoms with Gasteiger partial charge in [0, 0.05) is 38.1 Å². The molecule has 1 heterocycles. The van der Waals surface area contributed by atoms with Crippen molar-refractivity contribution in [2.24, 2.45) is 5.92 Å². The van der Waals surface area contributed by atoms with E-state index in [2.05, 4.69) is 24.4 Å². The Kier molecular flexibility index (Phi) is 4.78. The lowest BCUT2D eigenvalue weighted by Gasteiger charge is -2.35. The number of aryl methyl sites for hydroxylation is 1. The number of carbonyl (C=O) groups is 2. The minimum atomic E-state index is -0.0266. The van der Waals surface area contributed by atoms with E-state index >= 15 is 0 Å². The van der Waals surface area contributed by atoms with Crippen LogP contribution < -0.4 is 5.32 Å². The highest BCUT2D eigenvalue weighted by Gasteiger charge is 2.46. The number of hydrogen-bond donors (Lipinski definition) is 1. The second-order valence-corrected chi connectivity index (χ2v) is 7.22. The van der Waals surface area contributed by atoms with Gasteiger partial charge in [-0.05, 0) is 44.2 Å². The van der Waals surface area contributed by atoms with Gasteiger partial charge >= 0.3 is 6.03 Å². The molecule has 1 saturated carbocycles. The molecule has 0 radical (unpaired) electrons. The monoisotopic (exact) mass is 329 g/mol. The molecule has 0 unspecified atom stereocenters. The molecule has 5 nitrogen and oxygen atoms in total. The Morgan fingerprint density at radius 1 is 1.08 bits per heavy atom. The fourth-order valence-corrected chi connectivity index (χ4v) is 3.52. The number of nitrogens with one attached hydrogen (secondary N) is 1. The number of hydrogen-bond acceptors (Lipinski definition) is 2. The Morgan fingerprint density at radius 3 is 2.33 bits per heavy atom. The number of benzene rings is 1. The zero-order valence-corrected chi connectivity index (χ0v) is 14.8. The van der Waals surface area contributed by atoms with Crippen LogP contribution in [-0.2, 0) is 4.79 Å². The van der Waals surface area contributed by atoms with Crippen molar-refractivity contribution in [3.8, 4) is 0 Å². The van der Waals surface area contributed by atoms with Crippen molar-refractivity contribution in [3.63, 3.8) is 0 Å². The van der Waals surface area contributed by atoms with Crippen LogP contribution in [0.2, 0.25) is 0 Å². The van der Waals surface area contributed by atoms with Gasteiger partial charge in [0.05, 0.1) is 0 Å². The molecule has 1 N–H and O–H groups in total. The van der Waals surface area contributed by atoms with Gasteiger partial charge < -0.3 is 15.1 Å². The van der Waals surface area contributed by atoms with E-state index in [0.717, 1.165) is 6.42 Å². The summed E-state index contributed by atoms with van der Waals surface area (Å²) in [6, 6.07) is 8.45. The van der Waals surface area contributed by atoms with Crippen molar-refractivity contribution in [2.45, 2.75) is 39.2 Å². The molecule has 24 heavy (non-hydrogen) atoms. The molecule has 2 aliphatic rings. The molecule has 0 bridgehead atoms. The maximum atomic E-state index is 12.7. The lowest BCUT2D eigenvalue weighted by Crippen LogP contribution is -2.54. The normalized spacial score (nSPS) is 23.3. The van der Waals surface area contributed by atoms with Crippen LogP contribution in [0, 0.1) is 12.8 Å². The van der Waals surface area contributed by atoms with E-state index in [4.69, 9.17) is 0 Å². The second-order valence-electron chi connectivity index (χ2n) is 7.22. The molecular formula is C19H27N3O2. The number of piperazine rings is 1. The van der Waals surface area contributed by atoms with Gasteiger partial charge in [0.15, 0.2) is 0 Å². The van der Waals surface area contributed by atoms with Gasteiger partial charge in [-0.15, -0.1) is 0 Å². The Morgan fingerprint density at radius 2 is 1.71 bits per heavy atom. The number of urea groups is 1. The first-order chi connectivity index (χ1) is 11.5. The van der Waals surface area contributed by atoms with Crippen LogP contribution in [0.15, 0.2) is 24.3 Å². The molecule has 5 heteroatoms. The summed E-state index contributed by atoms with van der Waals surface area (Å²) in [5, 5.41) is 2.91. The van der Waals surface area contributed by atoms with Crippen LogP contribution in [0.1, 0.15) is 37.3 Å². The van der Waals surface area contributed by atoms with Crippen LogP contribution in [0.4, 0.5) is 4.79 Å². The van der Waals surface area contributed by atoms with Crippen molar-refractivity contribution in [1.82, 2.24) is 15.1 Å². The Labute approximate surface area is 144 Å². The van der Waals surface area contributed by atoms with E-state index in [-0.39, 0.29) is 23.9 Å². The van der Waals surface area contributed by atoms with Crippen molar-refractivity contribution >= 4 is 11.9 Å². The largest absolute Gasteiger partial charge is 0.339 e. The summed E-state index contributed by atoms with van der Waals surface area (Å²) >= 11 is 0. The molecule has 0 aromatic heterocycles. The molecule has 2 atom stereocenters. The third kappa shape index (κ3) is 3.55. The third-order valence-corrected chi connectivity index (χ3v) is 4.99. The first kappa shape index (κ1) is 16.8. The molecule has 3 amide bonds. The average Bonchev–Trinajstić information content (AvgIpc) is 3.34. The van der Waals surface area contributed by atoms with Crippen molar-refractivity contribution < 1.29 is 9.59 Å². The second kappa shape index (κ2) is 6.83. The summed E-state index contributed by atoms with van der Waals surface area (Å²) < 4.78 is 0. The number of nitrogens with zero attached hydrogens (tertiary/aromatic N) is 2. The standard InChI is InChI=1S/C19H27N3O2/c1-13(2)20-19(24)22-10-8-21(9-11-22)18(23)17-12-16(17)15-7-5-4-6-14(15)3/h4-7,13,16-17H,8-12H2,1-3H3,(H,20,24)/t16-,17+/m1/s1. The first-order valence-electron chi connectivity index (χ1n) is 8.87. The summed E-state index contributed by atoms with van der Waals surface area (Å²) in [7, 11) is 0. The molecule has 130 valence electrons. The fraction of sp³-hybridized carbons (Fsp3) is 0.579.